The number of quaternary nitrogens is 1. The summed E-state index contributed by atoms with van der Waals surface area (Å²) in [5.41, 5.74) is 0. The average molecular weight is 303 g/mol. The lowest BCUT2D eigenvalue weighted by atomic mass is 10.1. The van der Waals surface area contributed by atoms with Gasteiger partial charge in [0.25, 0.3) is 0 Å². The summed E-state index contributed by atoms with van der Waals surface area (Å²) in [5.74, 6) is -1.44. The van der Waals surface area contributed by atoms with E-state index in [9.17, 15) is 9.90 Å². The van der Waals surface area contributed by atoms with Crippen LogP contribution in [0.5, 0.6) is 0 Å². The summed E-state index contributed by atoms with van der Waals surface area (Å²) in [5, 5.41) is 19.6. The number of aliphatic carboxylic acids is 1. The lowest BCUT2D eigenvalue weighted by Gasteiger charge is -2.01. The van der Waals surface area contributed by atoms with Crippen molar-refractivity contribution in [3.63, 3.8) is 0 Å². The highest BCUT2D eigenvalue weighted by atomic mass is 16.4. The Kier molecular flexibility index (Phi) is 20.9. The molecule has 0 bridgehead atoms. The van der Waals surface area contributed by atoms with E-state index in [1.165, 1.54) is 77.2 Å². The van der Waals surface area contributed by atoms with Gasteiger partial charge in [-0.25, -0.2) is 0 Å². The highest BCUT2D eigenvalue weighted by molar-refractivity contribution is 5.68. The summed E-state index contributed by atoms with van der Waals surface area (Å²) in [6.07, 6.45) is 14.6. The van der Waals surface area contributed by atoms with Gasteiger partial charge >= 0.3 is 0 Å². The molecule has 0 aliphatic carbocycles. The normalized spacial score (nSPS) is 11.6. The molecular formula is C17H37NO3. The van der Waals surface area contributed by atoms with Crippen LogP contribution >= 0.6 is 0 Å². The van der Waals surface area contributed by atoms with Crippen molar-refractivity contribution in [3.8, 4) is 0 Å². The maximum atomic E-state index is 9.34. The summed E-state index contributed by atoms with van der Waals surface area (Å²) in [4.78, 5) is 9.34. The quantitative estimate of drug-likeness (QED) is 0.507. The molecule has 0 heterocycles. The van der Waals surface area contributed by atoms with Gasteiger partial charge in [-0.05, 0) is 19.8 Å². The van der Waals surface area contributed by atoms with Crippen molar-refractivity contribution < 1.29 is 20.3 Å². The lowest BCUT2D eigenvalue weighted by Crippen LogP contribution is -2.79. The van der Waals surface area contributed by atoms with Crippen LogP contribution in [0, 0.1) is 0 Å². The van der Waals surface area contributed by atoms with Crippen molar-refractivity contribution in [1.29, 1.82) is 0 Å². The number of nitrogens with two attached hydrogens (primary N) is 1. The van der Waals surface area contributed by atoms with Crippen LogP contribution in [0.25, 0.3) is 0 Å². The second-order valence-corrected chi connectivity index (χ2v) is 5.73. The number of unbranched alkanes of at least 4 members (excludes halogenated alkanes) is 10. The van der Waals surface area contributed by atoms with E-state index in [4.69, 9.17) is 5.11 Å². The van der Waals surface area contributed by atoms with Crippen LogP contribution in [0.15, 0.2) is 0 Å². The monoisotopic (exact) mass is 303 g/mol. The third kappa shape index (κ3) is 24.8. The Balaban J connectivity index is 0. The van der Waals surface area contributed by atoms with Gasteiger partial charge in [0.05, 0.1) is 25.7 Å². The Labute approximate surface area is 131 Å². The van der Waals surface area contributed by atoms with Crippen molar-refractivity contribution in [1.82, 2.24) is 0 Å². The number of hydrogen-bond acceptors (Lipinski definition) is 3. The van der Waals surface area contributed by atoms with Gasteiger partial charge in [0, 0.05) is 0 Å². The Bertz CT molecular complexity index is 196. The number of aliphatic hydroxyl groups is 1. The van der Waals surface area contributed by atoms with Crippen LogP contribution < -0.4 is 10.4 Å². The van der Waals surface area contributed by atoms with Crippen LogP contribution in [-0.4, -0.2) is 30.8 Å². The lowest BCUT2D eigenvalue weighted by molar-refractivity contribution is -0.627. The molecule has 0 spiro atoms. The number of carboxylic acid groups (broad SMARTS) is 1. The highest BCUT2D eigenvalue weighted by Gasteiger charge is 1.92. The first kappa shape index (κ1) is 22.7. The minimum Gasteiger partial charge on any atom is -0.547 e. The standard InChI is InChI=1S/C14H31N.C3H6O3/c1-3-4-5-6-7-8-9-10-11-12-13-14-15-2;1-2(4)3(5)6/h15H,3-14H2,1-2H3;2,4H,1H3,(H,5,6). The molecule has 0 aromatic heterocycles. The van der Waals surface area contributed by atoms with Gasteiger partial charge in [-0.3, -0.25) is 0 Å². The van der Waals surface area contributed by atoms with Crippen molar-refractivity contribution in [3.05, 3.63) is 0 Å². The Hall–Kier alpha value is -0.610. The summed E-state index contributed by atoms with van der Waals surface area (Å²) in [7, 11) is 2.16. The van der Waals surface area contributed by atoms with Crippen molar-refractivity contribution >= 4 is 5.97 Å². The van der Waals surface area contributed by atoms with Crippen LogP contribution in [0.2, 0.25) is 0 Å². The molecule has 3 N–H and O–H groups in total. The average Bonchev–Trinajstić information content (AvgIpc) is 2.45. The van der Waals surface area contributed by atoms with Gasteiger partial charge in [0.15, 0.2) is 0 Å². The second-order valence-electron chi connectivity index (χ2n) is 5.73. The summed E-state index contributed by atoms with van der Waals surface area (Å²) in [6.45, 7) is 4.74. The van der Waals surface area contributed by atoms with Gasteiger partial charge in [0.1, 0.15) is 0 Å². The number of hydrogen-bond donors (Lipinski definition) is 2. The smallest absolute Gasteiger partial charge is 0.0905 e. The van der Waals surface area contributed by atoms with Gasteiger partial charge in [-0.2, -0.15) is 0 Å². The van der Waals surface area contributed by atoms with E-state index in [0.717, 1.165) is 6.92 Å². The molecule has 0 aromatic carbocycles. The number of carbonyl (C=O) groups excluding carboxylic acids is 1. The molecule has 0 aliphatic rings. The molecule has 1 atom stereocenters. The van der Waals surface area contributed by atoms with E-state index in [-0.39, 0.29) is 0 Å². The molecular weight excluding hydrogens is 266 g/mol. The largest absolute Gasteiger partial charge is 0.547 e. The number of rotatable bonds is 13. The zero-order valence-electron chi connectivity index (χ0n) is 14.4. The molecule has 21 heavy (non-hydrogen) atoms. The maximum absolute atomic E-state index is 9.34. The predicted octanol–water partition coefficient (Wildman–Crippen LogP) is 1.61. The first-order chi connectivity index (χ1) is 10.1. The van der Waals surface area contributed by atoms with Gasteiger partial charge in [0.2, 0.25) is 0 Å². The fourth-order valence-electron chi connectivity index (χ4n) is 2.01. The van der Waals surface area contributed by atoms with Crippen molar-refractivity contribution in [2.45, 2.75) is 90.6 Å². The predicted molar refractivity (Wildman–Crippen MR) is 85.9 cm³/mol. The number of carbonyl (C=O) groups is 1. The molecule has 128 valence electrons. The third-order valence-corrected chi connectivity index (χ3v) is 3.44. The van der Waals surface area contributed by atoms with Crippen LogP contribution in [0.4, 0.5) is 0 Å². The highest BCUT2D eigenvalue weighted by Crippen LogP contribution is 2.10. The first-order valence-electron chi connectivity index (χ1n) is 8.73. The summed E-state index contributed by atoms with van der Waals surface area (Å²) >= 11 is 0. The van der Waals surface area contributed by atoms with Gasteiger partial charge in [-0.15, -0.1) is 0 Å². The molecule has 1 unspecified atom stereocenters. The molecule has 0 saturated carbocycles. The molecule has 4 nitrogen and oxygen atoms in total. The number of carboxylic acids is 1. The van der Waals surface area contributed by atoms with E-state index < -0.39 is 12.1 Å². The molecule has 0 radical (unpaired) electrons. The molecule has 4 heteroatoms. The first-order valence-corrected chi connectivity index (χ1v) is 8.73. The molecule has 0 amide bonds. The minimum absolute atomic E-state index is 1.13. The number of aliphatic hydroxyl groups excluding tert-OH is 1. The minimum atomic E-state index is -1.44. The Morgan fingerprint density at radius 2 is 1.29 bits per heavy atom. The van der Waals surface area contributed by atoms with Crippen molar-refractivity contribution in [2.75, 3.05) is 13.6 Å². The van der Waals surface area contributed by atoms with Crippen LogP contribution in [-0.2, 0) is 4.79 Å². The Morgan fingerprint density at radius 1 is 0.952 bits per heavy atom. The zero-order chi connectivity index (χ0) is 16.3. The van der Waals surface area contributed by atoms with Crippen LogP contribution in [0.1, 0.15) is 84.5 Å². The van der Waals surface area contributed by atoms with Crippen molar-refractivity contribution in [2.24, 2.45) is 0 Å². The fourth-order valence-corrected chi connectivity index (χ4v) is 2.01. The van der Waals surface area contributed by atoms with E-state index in [1.807, 2.05) is 0 Å². The SMILES string of the molecule is CC(O)C(=O)[O-].CCCCCCCCCCCCC[NH2+]C. The molecule has 0 aromatic rings. The summed E-state index contributed by atoms with van der Waals surface area (Å²) in [6, 6.07) is 0. The van der Waals surface area contributed by atoms with Gasteiger partial charge in [-0.1, -0.05) is 64.7 Å². The molecule has 0 fully saturated rings. The topological polar surface area (TPSA) is 77.0 Å². The maximum Gasteiger partial charge on any atom is 0.0905 e. The van der Waals surface area contributed by atoms with E-state index in [0.29, 0.717) is 0 Å². The molecule has 0 saturated heterocycles. The fraction of sp³-hybridized carbons (Fsp3) is 0.941. The Morgan fingerprint density at radius 3 is 1.57 bits per heavy atom. The van der Waals surface area contributed by atoms with E-state index >= 15 is 0 Å². The second kappa shape index (κ2) is 19.4. The van der Waals surface area contributed by atoms with Gasteiger partial charge < -0.3 is 20.3 Å². The third-order valence-electron chi connectivity index (χ3n) is 3.44. The zero-order valence-corrected chi connectivity index (χ0v) is 14.4. The molecule has 0 aliphatic heterocycles. The van der Waals surface area contributed by atoms with Crippen LogP contribution in [0.3, 0.4) is 0 Å². The summed E-state index contributed by atoms with van der Waals surface area (Å²) < 4.78 is 0. The van der Waals surface area contributed by atoms with E-state index in [1.54, 1.807) is 0 Å². The molecule has 0 rings (SSSR count). The van der Waals surface area contributed by atoms with E-state index in [2.05, 4.69) is 19.3 Å².